The molecule has 2 rings (SSSR count). The Morgan fingerprint density at radius 1 is 1.29 bits per heavy atom. The fourth-order valence-electron chi connectivity index (χ4n) is 1.90. The lowest BCUT2D eigenvalue weighted by Crippen LogP contribution is -1.99. The van der Waals surface area contributed by atoms with Crippen molar-refractivity contribution in [3.8, 4) is 0 Å². The molecule has 0 amide bonds. The van der Waals surface area contributed by atoms with Crippen molar-refractivity contribution < 1.29 is 0 Å². The van der Waals surface area contributed by atoms with Crippen molar-refractivity contribution in [1.82, 2.24) is 9.97 Å². The number of hydrogen-bond acceptors (Lipinski definition) is 1. The van der Waals surface area contributed by atoms with Crippen LogP contribution in [0.3, 0.4) is 0 Å². The maximum absolute atomic E-state index is 11.2. The van der Waals surface area contributed by atoms with Gasteiger partial charge < -0.3 is 9.97 Å². The summed E-state index contributed by atoms with van der Waals surface area (Å²) >= 11 is 3.72. The van der Waals surface area contributed by atoms with Gasteiger partial charge in [-0.2, -0.15) is 0 Å². The fraction of sp³-hybridized carbons (Fsp3) is 0.462. The minimum atomic E-state index is -0.148. The number of rotatable bonds is 4. The predicted molar refractivity (Wildman–Crippen MR) is 74.7 cm³/mol. The van der Waals surface area contributed by atoms with E-state index in [1.807, 2.05) is 12.1 Å². The summed E-state index contributed by atoms with van der Waals surface area (Å²) in [5.41, 5.74) is 2.81. The lowest BCUT2D eigenvalue weighted by atomic mass is 9.99. The minimum Gasteiger partial charge on any atom is -0.306 e. The zero-order chi connectivity index (χ0) is 12.4. The number of hydrogen-bond donors (Lipinski definition) is 2. The minimum absolute atomic E-state index is 0.148. The number of fused-ring (bicyclic) bond motifs is 1. The molecule has 0 fully saturated rings. The molecule has 17 heavy (non-hydrogen) atoms. The summed E-state index contributed by atoms with van der Waals surface area (Å²) in [5.74, 6) is 0.695. The average Bonchev–Trinajstić information content (AvgIpc) is 2.67. The topological polar surface area (TPSA) is 48.6 Å². The molecule has 0 saturated heterocycles. The van der Waals surface area contributed by atoms with E-state index in [1.54, 1.807) is 0 Å². The summed E-state index contributed by atoms with van der Waals surface area (Å²) in [4.78, 5) is 17.1. The van der Waals surface area contributed by atoms with Crippen LogP contribution in [-0.4, -0.2) is 9.97 Å². The summed E-state index contributed by atoms with van der Waals surface area (Å²) < 4.78 is 0. The van der Waals surface area contributed by atoms with E-state index in [9.17, 15) is 4.79 Å². The second-order valence-corrected chi connectivity index (χ2v) is 5.71. The number of aromatic nitrogens is 2. The van der Waals surface area contributed by atoms with Crippen molar-refractivity contribution in [2.24, 2.45) is 5.92 Å². The van der Waals surface area contributed by atoms with E-state index in [0.29, 0.717) is 10.7 Å². The molecule has 3 nitrogen and oxygen atoms in total. The average molecular weight is 297 g/mol. The molecule has 0 aliphatic heterocycles. The van der Waals surface area contributed by atoms with Crippen molar-refractivity contribution in [3.05, 3.63) is 34.2 Å². The third-order valence-electron chi connectivity index (χ3n) is 3.21. The van der Waals surface area contributed by atoms with E-state index in [1.165, 1.54) is 12.0 Å². The molecule has 0 spiro atoms. The second kappa shape index (κ2) is 5.08. The van der Waals surface area contributed by atoms with Gasteiger partial charge in [-0.3, -0.25) is 0 Å². The normalized spacial score (nSPS) is 15.0. The van der Waals surface area contributed by atoms with Gasteiger partial charge in [0.25, 0.3) is 0 Å². The smallest absolute Gasteiger partial charge is 0.306 e. The highest BCUT2D eigenvalue weighted by Gasteiger charge is 2.12. The van der Waals surface area contributed by atoms with Crippen molar-refractivity contribution in [3.63, 3.8) is 0 Å². The van der Waals surface area contributed by atoms with E-state index >= 15 is 0 Å². The summed E-state index contributed by atoms with van der Waals surface area (Å²) in [6.45, 7) is 4.46. The van der Waals surface area contributed by atoms with Gasteiger partial charge in [-0.15, -0.1) is 0 Å². The van der Waals surface area contributed by atoms with Crippen LogP contribution in [0.4, 0.5) is 0 Å². The van der Waals surface area contributed by atoms with Crippen molar-refractivity contribution in [1.29, 1.82) is 0 Å². The van der Waals surface area contributed by atoms with Gasteiger partial charge in [-0.05, 0) is 30.0 Å². The van der Waals surface area contributed by atoms with Crippen molar-refractivity contribution in [2.75, 3.05) is 0 Å². The van der Waals surface area contributed by atoms with Crippen molar-refractivity contribution in [2.45, 2.75) is 31.5 Å². The number of nitrogens with one attached hydrogen (secondary N) is 2. The van der Waals surface area contributed by atoms with Gasteiger partial charge in [0.05, 0.1) is 11.0 Å². The Hall–Kier alpha value is -1.03. The molecule has 2 aromatic rings. The maximum Gasteiger partial charge on any atom is 0.323 e. The molecule has 1 heterocycles. The van der Waals surface area contributed by atoms with Crippen molar-refractivity contribution >= 4 is 27.0 Å². The van der Waals surface area contributed by atoms with E-state index < -0.39 is 0 Å². The Kier molecular flexibility index (Phi) is 3.72. The number of halogens is 1. The number of aromatic amines is 2. The van der Waals surface area contributed by atoms with Gasteiger partial charge >= 0.3 is 5.69 Å². The molecule has 1 aromatic carbocycles. The highest BCUT2D eigenvalue weighted by Crippen LogP contribution is 2.31. The Labute approximate surface area is 109 Å². The first-order chi connectivity index (χ1) is 8.10. The van der Waals surface area contributed by atoms with Crippen LogP contribution >= 0.6 is 15.9 Å². The highest BCUT2D eigenvalue weighted by molar-refractivity contribution is 9.09. The van der Waals surface area contributed by atoms with Gasteiger partial charge in [0.2, 0.25) is 0 Å². The van der Waals surface area contributed by atoms with E-state index in [2.05, 4.69) is 45.8 Å². The molecule has 0 aliphatic rings. The third kappa shape index (κ3) is 2.80. The summed E-state index contributed by atoms with van der Waals surface area (Å²) in [5, 5.41) is 0. The first-order valence-corrected chi connectivity index (χ1v) is 6.87. The molecule has 92 valence electrons. The zero-order valence-corrected chi connectivity index (χ0v) is 11.7. The van der Waals surface area contributed by atoms with Gasteiger partial charge in [0.1, 0.15) is 0 Å². The molecule has 0 bridgehead atoms. The van der Waals surface area contributed by atoms with Crippen LogP contribution in [0.2, 0.25) is 0 Å². The van der Waals surface area contributed by atoms with Gasteiger partial charge in [-0.1, -0.05) is 42.3 Å². The molecule has 2 unspecified atom stereocenters. The van der Waals surface area contributed by atoms with Crippen LogP contribution in [-0.2, 0) is 0 Å². The first-order valence-electron chi connectivity index (χ1n) is 5.96. The van der Waals surface area contributed by atoms with E-state index in [4.69, 9.17) is 0 Å². The predicted octanol–water partition coefficient (Wildman–Crippen LogP) is 3.73. The largest absolute Gasteiger partial charge is 0.323 e. The van der Waals surface area contributed by atoms with Crippen LogP contribution in [0.5, 0.6) is 0 Å². The van der Waals surface area contributed by atoms with Crippen LogP contribution in [0.1, 0.15) is 37.1 Å². The molecule has 4 heteroatoms. The highest BCUT2D eigenvalue weighted by atomic mass is 79.9. The van der Waals surface area contributed by atoms with Crippen LogP contribution in [0.25, 0.3) is 11.0 Å². The molecule has 2 N–H and O–H groups in total. The molecule has 0 aliphatic carbocycles. The van der Waals surface area contributed by atoms with Gasteiger partial charge in [0, 0.05) is 4.83 Å². The molecule has 1 aromatic heterocycles. The Morgan fingerprint density at radius 2 is 2.00 bits per heavy atom. The fourth-order valence-corrected chi connectivity index (χ4v) is 2.82. The summed E-state index contributed by atoms with van der Waals surface area (Å²) in [6.07, 6.45) is 2.29. The quantitative estimate of drug-likeness (QED) is 0.830. The van der Waals surface area contributed by atoms with Crippen LogP contribution in [0, 0.1) is 5.92 Å². The number of H-pyrrole nitrogens is 2. The molecule has 0 saturated carbocycles. The Balaban J connectivity index is 2.26. The van der Waals surface area contributed by atoms with Crippen LogP contribution < -0.4 is 5.69 Å². The lowest BCUT2D eigenvalue weighted by Gasteiger charge is -2.14. The third-order valence-corrected chi connectivity index (χ3v) is 4.11. The molecular formula is C13H17BrN2O. The second-order valence-electron chi connectivity index (χ2n) is 4.60. The Morgan fingerprint density at radius 3 is 2.71 bits per heavy atom. The first kappa shape index (κ1) is 12.4. The number of imidazole rings is 1. The summed E-state index contributed by atoms with van der Waals surface area (Å²) in [7, 11) is 0. The molecule has 0 radical (unpaired) electrons. The standard InChI is InChI=1S/C13H17BrN2O/c1-3-8(2)6-10(14)9-4-5-11-12(7-9)16-13(17)15-11/h4-5,7-8,10H,3,6H2,1-2H3,(H2,15,16,17). The van der Waals surface area contributed by atoms with E-state index in [-0.39, 0.29) is 5.69 Å². The molecule has 2 atom stereocenters. The lowest BCUT2D eigenvalue weighted by molar-refractivity contribution is 0.514. The number of alkyl halides is 1. The zero-order valence-electron chi connectivity index (χ0n) is 10.1. The van der Waals surface area contributed by atoms with Gasteiger partial charge in [0.15, 0.2) is 0 Å². The molecular weight excluding hydrogens is 280 g/mol. The summed E-state index contributed by atoms with van der Waals surface area (Å²) in [6, 6.07) is 6.05. The monoisotopic (exact) mass is 296 g/mol. The van der Waals surface area contributed by atoms with E-state index in [0.717, 1.165) is 17.5 Å². The maximum atomic E-state index is 11.2. The van der Waals surface area contributed by atoms with Crippen LogP contribution in [0.15, 0.2) is 23.0 Å². The Bertz CT molecular complexity index is 558. The SMILES string of the molecule is CCC(C)CC(Br)c1ccc2[nH]c(=O)[nH]c2c1. The number of benzene rings is 1. The van der Waals surface area contributed by atoms with Gasteiger partial charge in [-0.25, -0.2) is 4.79 Å².